The van der Waals surface area contributed by atoms with Gasteiger partial charge >= 0.3 is 0 Å². The summed E-state index contributed by atoms with van der Waals surface area (Å²) >= 11 is 6.08. The summed E-state index contributed by atoms with van der Waals surface area (Å²) < 4.78 is 0. The van der Waals surface area contributed by atoms with Gasteiger partial charge in [-0.05, 0) is 47.0 Å². The van der Waals surface area contributed by atoms with Crippen LogP contribution in [-0.2, 0) is 0 Å². The highest BCUT2D eigenvalue weighted by Crippen LogP contribution is 2.34. The summed E-state index contributed by atoms with van der Waals surface area (Å²) in [5, 5.41) is 0.710. The van der Waals surface area contributed by atoms with E-state index >= 15 is 0 Å². The van der Waals surface area contributed by atoms with Gasteiger partial charge in [0, 0.05) is 23.0 Å². The maximum absolute atomic E-state index is 6.08. The molecule has 0 spiro atoms. The van der Waals surface area contributed by atoms with Gasteiger partial charge in [-0.3, -0.25) is 9.98 Å². The second kappa shape index (κ2) is 9.13. The summed E-state index contributed by atoms with van der Waals surface area (Å²) in [6.45, 7) is 0. The standard InChI is InChI=1S/C26H19ClN2/c27-23-13-11-22(12-14-23)25-17-24(28-18-20-7-3-1-4-8-20)15-16-26(25)29-19-21-9-5-2-6-10-21/h1-19H. The SMILES string of the molecule is Clc1ccc(-c2cc(N=Cc3ccccc3)ccc2N=Cc2ccccc2)cc1. The van der Waals surface area contributed by atoms with E-state index in [0.29, 0.717) is 5.02 Å². The van der Waals surface area contributed by atoms with Crippen LogP contribution in [0, 0.1) is 0 Å². The first-order valence-corrected chi connectivity index (χ1v) is 9.74. The summed E-state index contributed by atoms with van der Waals surface area (Å²) in [4.78, 5) is 9.36. The maximum Gasteiger partial charge on any atom is 0.0709 e. The maximum atomic E-state index is 6.08. The molecule has 0 aliphatic heterocycles. The van der Waals surface area contributed by atoms with Crippen molar-refractivity contribution < 1.29 is 0 Å². The van der Waals surface area contributed by atoms with Gasteiger partial charge in [-0.2, -0.15) is 0 Å². The third-order valence-corrected chi connectivity index (χ3v) is 4.70. The molecule has 3 heteroatoms. The zero-order valence-corrected chi connectivity index (χ0v) is 16.5. The molecule has 0 N–H and O–H groups in total. The molecule has 0 saturated heterocycles. The van der Waals surface area contributed by atoms with Gasteiger partial charge in [0.05, 0.1) is 11.4 Å². The number of benzene rings is 4. The van der Waals surface area contributed by atoms with Crippen molar-refractivity contribution in [2.45, 2.75) is 0 Å². The van der Waals surface area contributed by atoms with E-state index in [2.05, 4.69) is 11.1 Å². The van der Waals surface area contributed by atoms with Crippen molar-refractivity contribution in [3.8, 4) is 11.1 Å². The van der Waals surface area contributed by atoms with Gasteiger partial charge in [-0.25, -0.2) is 0 Å². The highest BCUT2D eigenvalue weighted by Gasteiger charge is 2.06. The third-order valence-electron chi connectivity index (χ3n) is 4.45. The van der Waals surface area contributed by atoms with Crippen molar-refractivity contribution in [3.05, 3.63) is 119 Å². The molecule has 29 heavy (non-hydrogen) atoms. The summed E-state index contributed by atoms with van der Waals surface area (Å²) in [6, 6.07) is 34.0. The minimum atomic E-state index is 0.710. The van der Waals surface area contributed by atoms with E-state index < -0.39 is 0 Å². The molecule has 4 aromatic carbocycles. The Morgan fingerprint density at radius 3 is 1.79 bits per heavy atom. The zero-order chi connectivity index (χ0) is 19.9. The second-order valence-corrected chi connectivity index (χ2v) is 6.98. The number of hydrogen-bond acceptors (Lipinski definition) is 2. The van der Waals surface area contributed by atoms with Gasteiger partial charge in [-0.15, -0.1) is 0 Å². The first-order chi connectivity index (χ1) is 14.3. The molecule has 0 fully saturated rings. The van der Waals surface area contributed by atoms with E-state index in [4.69, 9.17) is 16.6 Å². The predicted octanol–water partition coefficient (Wildman–Crippen LogP) is 7.51. The second-order valence-electron chi connectivity index (χ2n) is 6.55. The normalized spacial score (nSPS) is 11.3. The van der Waals surface area contributed by atoms with E-state index in [0.717, 1.165) is 33.6 Å². The molecular weight excluding hydrogens is 376 g/mol. The molecule has 0 heterocycles. The van der Waals surface area contributed by atoms with Crippen molar-refractivity contribution >= 4 is 35.4 Å². The summed E-state index contributed by atoms with van der Waals surface area (Å²) in [5.74, 6) is 0. The lowest BCUT2D eigenvalue weighted by atomic mass is 10.0. The van der Waals surface area contributed by atoms with E-state index in [-0.39, 0.29) is 0 Å². The molecule has 0 amide bonds. The van der Waals surface area contributed by atoms with Gasteiger partial charge in [0.1, 0.15) is 0 Å². The monoisotopic (exact) mass is 394 g/mol. The fraction of sp³-hybridized carbons (Fsp3) is 0. The molecule has 2 nitrogen and oxygen atoms in total. The van der Waals surface area contributed by atoms with Crippen LogP contribution < -0.4 is 0 Å². The highest BCUT2D eigenvalue weighted by molar-refractivity contribution is 6.30. The summed E-state index contributed by atoms with van der Waals surface area (Å²) in [7, 11) is 0. The Morgan fingerprint density at radius 2 is 1.17 bits per heavy atom. The van der Waals surface area contributed by atoms with E-state index in [9.17, 15) is 0 Å². The molecule has 0 unspecified atom stereocenters. The Kier molecular flexibility index (Phi) is 5.94. The average molecular weight is 395 g/mol. The van der Waals surface area contributed by atoms with Crippen LogP contribution in [0.4, 0.5) is 11.4 Å². The fourth-order valence-corrected chi connectivity index (χ4v) is 3.07. The van der Waals surface area contributed by atoms with Crippen molar-refractivity contribution in [2.24, 2.45) is 9.98 Å². The number of rotatable bonds is 5. The van der Waals surface area contributed by atoms with Gasteiger partial charge in [0.25, 0.3) is 0 Å². The van der Waals surface area contributed by atoms with Crippen LogP contribution in [0.1, 0.15) is 11.1 Å². The number of hydrogen-bond donors (Lipinski definition) is 0. The summed E-state index contributed by atoms with van der Waals surface area (Å²) in [5.41, 5.74) is 5.93. The lowest BCUT2D eigenvalue weighted by Crippen LogP contribution is -1.83. The molecule has 140 valence electrons. The Balaban J connectivity index is 1.71. The molecule has 0 saturated carbocycles. The lowest BCUT2D eigenvalue weighted by Gasteiger charge is -2.08. The quantitative estimate of drug-likeness (QED) is 0.313. The van der Waals surface area contributed by atoms with Gasteiger partial charge in [-0.1, -0.05) is 84.4 Å². The molecular formula is C26H19ClN2. The molecule has 0 aliphatic rings. The molecule has 4 rings (SSSR count). The molecule has 0 bridgehead atoms. The first-order valence-electron chi connectivity index (χ1n) is 9.36. The minimum absolute atomic E-state index is 0.710. The Labute approximate surface area is 175 Å². The van der Waals surface area contributed by atoms with Crippen LogP contribution in [-0.4, -0.2) is 12.4 Å². The number of nitrogens with zero attached hydrogens (tertiary/aromatic N) is 2. The van der Waals surface area contributed by atoms with Crippen LogP contribution in [0.25, 0.3) is 11.1 Å². The highest BCUT2D eigenvalue weighted by atomic mass is 35.5. The van der Waals surface area contributed by atoms with Crippen molar-refractivity contribution in [3.63, 3.8) is 0 Å². The van der Waals surface area contributed by atoms with Crippen LogP contribution in [0.2, 0.25) is 5.02 Å². The number of aliphatic imine (C=N–C) groups is 2. The molecule has 0 radical (unpaired) electrons. The molecule has 0 atom stereocenters. The lowest BCUT2D eigenvalue weighted by molar-refractivity contribution is 1.47. The molecule has 0 aliphatic carbocycles. The molecule has 0 aromatic heterocycles. The fourth-order valence-electron chi connectivity index (χ4n) is 2.95. The summed E-state index contributed by atoms with van der Waals surface area (Å²) in [6.07, 6.45) is 3.75. The van der Waals surface area contributed by atoms with Gasteiger partial charge in [0.2, 0.25) is 0 Å². The van der Waals surface area contributed by atoms with Gasteiger partial charge in [0.15, 0.2) is 0 Å². The minimum Gasteiger partial charge on any atom is -0.256 e. The Bertz CT molecular complexity index is 1130. The number of halogens is 1. The van der Waals surface area contributed by atoms with Crippen LogP contribution >= 0.6 is 11.6 Å². The van der Waals surface area contributed by atoms with Crippen LogP contribution in [0.15, 0.2) is 113 Å². The topological polar surface area (TPSA) is 24.7 Å². The smallest absolute Gasteiger partial charge is 0.0709 e. The molecule has 4 aromatic rings. The van der Waals surface area contributed by atoms with E-state index in [1.54, 1.807) is 0 Å². The van der Waals surface area contributed by atoms with Crippen molar-refractivity contribution in [1.82, 2.24) is 0 Å². The van der Waals surface area contributed by atoms with Crippen LogP contribution in [0.5, 0.6) is 0 Å². The Morgan fingerprint density at radius 1 is 0.586 bits per heavy atom. The predicted molar refractivity (Wildman–Crippen MR) is 124 cm³/mol. The van der Waals surface area contributed by atoms with Crippen molar-refractivity contribution in [2.75, 3.05) is 0 Å². The van der Waals surface area contributed by atoms with E-state index in [1.807, 2.05) is 109 Å². The largest absolute Gasteiger partial charge is 0.256 e. The third kappa shape index (κ3) is 5.07. The Hall–Kier alpha value is -3.49. The van der Waals surface area contributed by atoms with Crippen LogP contribution in [0.3, 0.4) is 0 Å². The van der Waals surface area contributed by atoms with E-state index in [1.165, 1.54) is 0 Å². The van der Waals surface area contributed by atoms with Crippen molar-refractivity contribution in [1.29, 1.82) is 0 Å². The average Bonchev–Trinajstić information content (AvgIpc) is 2.78. The first kappa shape index (κ1) is 18.9. The van der Waals surface area contributed by atoms with Gasteiger partial charge < -0.3 is 0 Å². The zero-order valence-electron chi connectivity index (χ0n) is 15.7.